The molecule has 0 atom stereocenters. The lowest BCUT2D eigenvalue weighted by molar-refractivity contribution is -0.125. The Kier molecular flexibility index (Phi) is 8.02. The molecule has 0 spiro atoms. The predicted octanol–water partition coefficient (Wildman–Crippen LogP) is 3.92. The molecule has 7 heteroatoms. The fourth-order valence-electron chi connectivity index (χ4n) is 3.48. The molecule has 0 aliphatic carbocycles. The van der Waals surface area contributed by atoms with Gasteiger partial charge in [0.2, 0.25) is 5.91 Å². The van der Waals surface area contributed by atoms with Gasteiger partial charge in [0.25, 0.3) is 5.91 Å². The van der Waals surface area contributed by atoms with E-state index in [1.54, 1.807) is 47.1 Å². The first-order chi connectivity index (χ1) is 15.5. The standard InChI is InChI=1S/C25H28N2O5/c1-3-31-25(30)32-22-11-9-21(10-12-22)24(29)27-15-5-14-26(16-17-27)23(28)13-8-20-7-4-6-19(2)18-20/h4,6-13,18H,3,5,14-17H2,1-2H3/b13-8+. The predicted molar refractivity (Wildman–Crippen MR) is 121 cm³/mol. The van der Waals surface area contributed by atoms with E-state index in [4.69, 9.17) is 9.47 Å². The number of hydrogen-bond donors (Lipinski definition) is 0. The van der Waals surface area contributed by atoms with Crippen molar-refractivity contribution in [3.05, 3.63) is 71.3 Å². The Labute approximate surface area is 188 Å². The molecule has 0 aromatic heterocycles. The van der Waals surface area contributed by atoms with Crippen molar-refractivity contribution in [1.82, 2.24) is 9.80 Å². The second-order valence-corrected chi connectivity index (χ2v) is 7.53. The molecule has 1 saturated heterocycles. The molecule has 1 aliphatic rings. The van der Waals surface area contributed by atoms with Gasteiger partial charge in [0.05, 0.1) is 6.61 Å². The minimum absolute atomic E-state index is 0.0544. The van der Waals surface area contributed by atoms with Crippen LogP contribution in [0.4, 0.5) is 4.79 Å². The Hall–Kier alpha value is -3.61. The van der Waals surface area contributed by atoms with Gasteiger partial charge in [0.15, 0.2) is 0 Å². The van der Waals surface area contributed by atoms with Crippen LogP contribution in [0.15, 0.2) is 54.6 Å². The first-order valence-corrected chi connectivity index (χ1v) is 10.7. The monoisotopic (exact) mass is 436 g/mol. The van der Waals surface area contributed by atoms with Crippen molar-refractivity contribution in [3.8, 4) is 5.75 Å². The summed E-state index contributed by atoms with van der Waals surface area (Å²) in [5.74, 6) is 0.145. The van der Waals surface area contributed by atoms with Gasteiger partial charge >= 0.3 is 6.16 Å². The third-order valence-electron chi connectivity index (χ3n) is 5.12. The summed E-state index contributed by atoms with van der Waals surface area (Å²) < 4.78 is 9.76. The van der Waals surface area contributed by atoms with Crippen molar-refractivity contribution in [2.75, 3.05) is 32.8 Å². The van der Waals surface area contributed by atoms with E-state index in [9.17, 15) is 14.4 Å². The Morgan fingerprint density at radius 1 is 0.969 bits per heavy atom. The van der Waals surface area contributed by atoms with E-state index < -0.39 is 6.16 Å². The molecule has 168 valence electrons. The summed E-state index contributed by atoms with van der Waals surface area (Å²) >= 11 is 0. The molecular formula is C25H28N2O5. The first kappa shape index (κ1) is 23.1. The van der Waals surface area contributed by atoms with E-state index in [-0.39, 0.29) is 18.4 Å². The van der Waals surface area contributed by atoms with Gasteiger partial charge in [-0.1, -0.05) is 29.8 Å². The van der Waals surface area contributed by atoms with Gasteiger partial charge in [-0.2, -0.15) is 0 Å². The van der Waals surface area contributed by atoms with Crippen molar-refractivity contribution in [2.24, 2.45) is 0 Å². The lowest BCUT2D eigenvalue weighted by atomic mass is 10.1. The van der Waals surface area contributed by atoms with Gasteiger partial charge in [-0.05, 0) is 56.2 Å². The molecule has 3 rings (SSSR count). The first-order valence-electron chi connectivity index (χ1n) is 10.7. The van der Waals surface area contributed by atoms with Crippen LogP contribution in [0.3, 0.4) is 0 Å². The van der Waals surface area contributed by atoms with E-state index in [0.29, 0.717) is 43.9 Å². The third kappa shape index (κ3) is 6.44. The van der Waals surface area contributed by atoms with E-state index in [2.05, 4.69) is 0 Å². The van der Waals surface area contributed by atoms with Gasteiger partial charge in [0, 0.05) is 37.8 Å². The minimum Gasteiger partial charge on any atom is -0.434 e. The number of ether oxygens (including phenoxy) is 2. The average molecular weight is 437 g/mol. The highest BCUT2D eigenvalue weighted by atomic mass is 16.7. The molecule has 32 heavy (non-hydrogen) atoms. The highest BCUT2D eigenvalue weighted by molar-refractivity contribution is 5.95. The molecule has 1 aliphatic heterocycles. The third-order valence-corrected chi connectivity index (χ3v) is 5.12. The summed E-state index contributed by atoms with van der Waals surface area (Å²) in [7, 11) is 0. The van der Waals surface area contributed by atoms with Gasteiger partial charge in [-0.15, -0.1) is 0 Å². The van der Waals surface area contributed by atoms with Crippen molar-refractivity contribution in [2.45, 2.75) is 20.3 Å². The van der Waals surface area contributed by atoms with Crippen molar-refractivity contribution < 1.29 is 23.9 Å². The van der Waals surface area contributed by atoms with Crippen LogP contribution in [0.2, 0.25) is 0 Å². The number of nitrogens with zero attached hydrogens (tertiary/aromatic N) is 2. The molecule has 2 amide bonds. The molecule has 0 unspecified atom stereocenters. The quantitative estimate of drug-likeness (QED) is 0.403. The van der Waals surface area contributed by atoms with Gasteiger partial charge in [0.1, 0.15) is 5.75 Å². The number of carbonyl (C=O) groups is 3. The summed E-state index contributed by atoms with van der Waals surface area (Å²) in [5, 5.41) is 0. The van der Waals surface area contributed by atoms with Crippen LogP contribution in [0, 0.1) is 6.92 Å². The second-order valence-electron chi connectivity index (χ2n) is 7.53. The molecule has 0 bridgehead atoms. The maximum Gasteiger partial charge on any atom is 0.513 e. The highest BCUT2D eigenvalue weighted by Gasteiger charge is 2.22. The molecule has 1 fully saturated rings. The molecule has 7 nitrogen and oxygen atoms in total. The summed E-state index contributed by atoms with van der Waals surface area (Å²) in [6.07, 6.45) is 3.34. The lowest BCUT2D eigenvalue weighted by Crippen LogP contribution is -2.36. The zero-order valence-corrected chi connectivity index (χ0v) is 18.5. The number of amides is 2. The Morgan fingerprint density at radius 2 is 1.69 bits per heavy atom. The summed E-state index contributed by atoms with van der Waals surface area (Å²) in [4.78, 5) is 40.4. The number of hydrogen-bond acceptors (Lipinski definition) is 5. The average Bonchev–Trinajstić information content (AvgIpc) is 3.04. The van der Waals surface area contributed by atoms with Crippen molar-refractivity contribution in [1.29, 1.82) is 0 Å². The van der Waals surface area contributed by atoms with E-state index in [0.717, 1.165) is 11.1 Å². The summed E-state index contributed by atoms with van der Waals surface area (Å²) in [5.41, 5.74) is 2.63. The number of benzene rings is 2. The minimum atomic E-state index is -0.777. The zero-order valence-electron chi connectivity index (χ0n) is 18.5. The van der Waals surface area contributed by atoms with Gasteiger partial charge in [-0.3, -0.25) is 9.59 Å². The van der Waals surface area contributed by atoms with Crippen LogP contribution in [0.25, 0.3) is 6.08 Å². The fraction of sp³-hybridized carbons (Fsp3) is 0.320. The summed E-state index contributed by atoms with van der Waals surface area (Å²) in [6.45, 7) is 6.06. The largest absolute Gasteiger partial charge is 0.513 e. The topological polar surface area (TPSA) is 76.2 Å². The van der Waals surface area contributed by atoms with Crippen LogP contribution >= 0.6 is 0 Å². The van der Waals surface area contributed by atoms with E-state index in [1.807, 2.05) is 37.3 Å². The van der Waals surface area contributed by atoms with Gasteiger partial charge < -0.3 is 19.3 Å². The normalized spacial score (nSPS) is 14.2. The maximum atomic E-state index is 12.9. The Balaban J connectivity index is 1.55. The smallest absolute Gasteiger partial charge is 0.434 e. The SMILES string of the molecule is CCOC(=O)Oc1ccc(C(=O)N2CCCN(C(=O)/C=C/c3cccc(C)c3)CC2)cc1. The molecule has 0 radical (unpaired) electrons. The molecule has 0 N–H and O–H groups in total. The van der Waals surface area contributed by atoms with Crippen LogP contribution in [-0.4, -0.2) is 60.6 Å². The number of rotatable bonds is 5. The number of carbonyl (C=O) groups excluding carboxylic acids is 3. The summed E-state index contributed by atoms with van der Waals surface area (Å²) in [6, 6.07) is 14.3. The van der Waals surface area contributed by atoms with Crippen molar-refractivity contribution >= 4 is 24.0 Å². The lowest BCUT2D eigenvalue weighted by Gasteiger charge is -2.21. The molecule has 2 aromatic carbocycles. The maximum absolute atomic E-state index is 12.9. The second kappa shape index (κ2) is 11.1. The Bertz CT molecular complexity index is 984. The van der Waals surface area contributed by atoms with Crippen LogP contribution < -0.4 is 4.74 Å². The highest BCUT2D eigenvalue weighted by Crippen LogP contribution is 2.16. The zero-order chi connectivity index (χ0) is 22.9. The Morgan fingerprint density at radius 3 is 2.41 bits per heavy atom. The van der Waals surface area contributed by atoms with E-state index >= 15 is 0 Å². The van der Waals surface area contributed by atoms with Crippen LogP contribution in [0.5, 0.6) is 5.75 Å². The van der Waals surface area contributed by atoms with Crippen LogP contribution in [0.1, 0.15) is 34.8 Å². The van der Waals surface area contributed by atoms with E-state index in [1.165, 1.54) is 0 Å². The fourth-order valence-corrected chi connectivity index (χ4v) is 3.48. The number of aryl methyl sites for hydroxylation is 1. The molecule has 2 aromatic rings. The van der Waals surface area contributed by atoms with Crippen molar-refractivity contribution in [3.63, 3.8) is 0 Å². The van der Waals surface area contributed by atoms with Crippen LogP contribution in [-0.2, 0) is 9.53 Å². The molecule has 0 saturated carbocycles. The molecule has 1 heterocycles. The molecular weight excluding hydrogens is 408 g/mol. The van der Waals surface area contributed by atoms with Gasteiger partial charge in [-0.25, -0.2) is 4.79 Å².